The van der Waals surface area contributed by atoms with Crippen molar-refractivity contribution in [2.75, 3.05) is 26.7 Å². The van der Waals surface area contributed by atoms with Crippen LogP contribution >= 0.6 is 11.3 Å². The summed E-state index contributed by atoms with van der Waals surface area (Å²) in [6.07, 6.45) is 2.25. The second-order valence-electron chi connectivity index (χ2n) is 10.5. The zero-order chi connectivity index (χ0) is 27.1. The molecule has 1 aromatic carbocycles. The van der Waals surface area contributed by atoms with Gasteiger partial charge in [0.25, 0.3) is 5.91 Å². The van der Waals surface area contributed by atoms with Crippen molar-refractivity contribution in [3.63, 3.8) is 0 Å². The first kappa shape index (κ1) is 26.7. The Kier molecular flexibility index (Phi) is 7.25. The van der Waals surface area contributed by atoms with Crippen molar-refractivity contribution in [2.45, 2.75) is 62.7 Å². The van der Waals surface area contributed by atoms with Crippen LogP contribution in [0.4, 0.5) is 13.2 Å². The van der Waals surface area contributed by atoms with Gasteiger partial charge in [-0.05, 0) is 56.2 Å². The maximum absolute atomic E-state index is 13.3. The summed E-state index contributed by atoms with van der Waals surface area (Å²) in [7, 11) is 1.85. The molecule has 0 saturated carbocycles. The van der Waals surface area contributed by atoms with Gasteiger partial charge in [0.05, 0.1) is 11.0 Å². The first-order valence-corrected chi connectivity index (χ1v) is 13.8. The number of hydrazine groups is 1. The Balaban J connectivity index is 1.15. The van der Waals surface area contributed by atoms with Gasteiger partial charge >= 0.3 is 6.18 Å². The predicted molar refractivity (Wildman–Crippen MR) is 138 cm³/mol. The van der Waals surface area contributed by atoms with Gasteiger partial charge in [-0.15, -0.1) is 11.3 Å². The number of alkyl halides is 3. The third-order valence-corrected chi connectivity index (χ3v) is 8.93. The number of likely N-dealkylation sites (tertiary alicyclic amines) is 1. The maximum Gasteiger partial charge on any atom is 0.411 e. The van der Waals surface area contributed by atoms with Gasteiger partial charge in [-0.25, -0.2) is 10.4 Å². The van der Waals surface area contributed by atoms with Crippen LogP contribution in [-0.2, 0) is 11.2 Å². The number of aromatic nitrogens is 1. The highest BCUT2D eigenvalue weighted by atomic mass is 32.1. The molecule has 0 bridgehead atoms. The number of thiazole rings is 1. The summed E-state index contributed by atoms with van der Waals surface area (Å²) < 4.78 is 39.6. The Hall–Kier alpha value is -2.92. The minimum absolute atomic E-state index is 0.0424. The topological polar surface area (TPSA) is 68.8 Å². The van der Waals surface area contributed by atoms with Gasteiger partial charge in [-0.3, -0.25) is 9.59 Å². The molecular weight excluding hydrogens is 515 g/mol. The molecule has 0 radical (unpaired) electrons. The first-order chi connectivity index (χ1) is 18.1. The van der Waals surface area contributed by atoms with E-state index in [-0.39, 0.29) is 30.3 Å². The molecule has 2 amide bonds. The fourth-order valence-electron chi connectivity index (χ4n) is 5.51. The van der Waals surface area contributed by atoms with Gasteiger partial charge < -0.3 is 14.8 Å². The molecule has 204 valence electrons. The van der Waals surface area contributed by atoms with Gasteiger partial charge in [0.1, 0.15) is 17.8 Å². The number of aryl methyl sites for hydroxylation is 1. The van der Waals surface area contributed by atoms with Gasteiger partial charge in [-0.2, -0.15) is 13.2 Å². The smallest absolute Gasteiger partial charge is 0.341 e. The monoisotopic (exact) mass is 547 g/mol. The zero-order valence-electron chi connectivity index (χ0n) is 21.5. The average molecular weight is 548 g/mol. The van der Waals surface area contributed by atoms with E-state index in [2.05, 4.69) is 22.5 Å². The van der Waals surface area contributed by atoms with Crippen LogP contribution in [0, 0.1) is 0 Å². The number of amides is 2. The highest BCUT2D eigenvalue weighted by Gasteiger charge is 2.52. The Morgan fingerprint density at radius 3 is 2.66 bits per heavy atom. The largest absolute Gasteiger partial charge is 0.411 e. The summed E-state index contributed by atoms with van der Waals surface area (Å²) in [6, 6.07) is 8.34. The number of piperidine rings is 1. The summed E-state index contributed by atoms with van der Waals surface area (Å²) in [5.74, 6) is -0.167. The van der Waals surface area contributed by atoms with Gasteiger partial charge in [0.15, 0.2) is 0 Å². The molecule has 5 rings (SSSR count). The van der Waals surface area contributed by atoms with E-state index < -0.39 is 11.7 Å². The minimum Gasteiger partial charge on any atom is -0.341 e. The van der Waals surface area contributed by atoms with Crippen molar-refractivity contribution < 1.29 is 22.8 Å². The number of carbonyl (C=O) groups is 2. The molecule has 3 heterocycles. The van der Waals surface area contributed by atoms with Gasteiger partial charge in [0, 0.05) is 37.6 Å². The van der Waals surface area contributed by atoms with E-state index in [1.54, 1.807) is 4.90 Å². The van der Waals surface area contributed by atoms with E-state index >= 15 is 0 Å². The molecule has 1 aliphatic carbocycles. The fourth-order valence-corrected chi connectivity index (χ4v) is 6.47. The highest BCUT2D eigenvalue weighted by Crippen LogP contribution is 2.36. The highest BCUT2D eigenvalue weighted by molar-refractivity contribution is 7.09. The van der Waals surface area contributed by atoms with E-state index in [9.17, 15) is 22.8 Å². The quantitative estimate of drug-likeness (QED) is 0.590. The summed E-state index contributed by atoms with van der Waals surface area (Å²) in [5, 5.41) is 3.91. The van der Waals surface area contributed by atoms with E-state index in [1.165, 1.54) is 33.7 Å². The molecule has 2 aromatic rings. The van der Waals surface area contributed by atoms with Crippen LogP contribution < -0.4 is 5.43 Å². The number of benzene rings is 1. The Morgan fingerprint density at radius 1 is 1.21 bits per heavy atom. The van der Waals surface area contributed by atoms with Crippen molar-refractivity contribution >= 4 is 23.2 Å². The van der Waals surface area contributed by atoms with Crippen molar-refractivity contribution in [1.29, 1.82) is 0 Å². The Morgan fingerprint density at radius 2 is 1.95 bits per heavy atom. The second kappa shape index (κ2) is 10.3. The van der Waals surface area contributed by atoms with Gasteiger partial charge in [-0.1, -0.05) is 24.3 Å². The van der Waals surface area contributed by atoms with E-state index in [0.717, 1.165) is 37.3 Å². The number of halogens is 3. The molecule has 11 heteroatoms. The third kappa shape index (κ3) is 5.18. The minimum atomic E-state index is -4.46. The number of nitrogens with zero attached hydrogens (tertiary/aromatic N) is 4. The number of nitrogens with one attached hydrogen (secondary N) is 1. The molecule has 3 aliphatic rings. The zero-order valence-corrected chi connectivity index (χ0v) is 22.3. The van der Waals surface area contributed by atoms with Crippen molar-refractivity contribution in [3.8, 4) is 0 Å². The van der Waals surface area contributed by atoms with Crippen LogP contribution in [0.25, 0.3) is 0 Å². The lowest BCUT2D eigenvalue weighted by atomic mass is 9.87. The first-order valence-electron chi connectivity index (χ1n) is 12.9. The molecule has 1 aromatic heterocycles. The summed E-state index contributed by atoms with van der Waals surface area (Å²) in [5.41, 5.74) is 3.16. The standard InChI is InChI=1S/C27H32F3N5O2S/c1-26(27(28,29)30)12-15-35(32-26)16-23(36)34-13-10-19(11-14-34)24-31-21(17-38-24)25(37)33(2)22-9-5-7-18-6-3-4-8-20(18)22/h3-4,6,8,12,15,17,19,22,32H,5,7,9-11,13-14,16H2,1-2H3/t22-,26?/m1/s1. The van der Waals surface area contributed by atoms with Crippen molar-refractivity contribution in [2.24, 2.45) is 0 Å². The number of hydrogen-bond donors (Lipinski definition) is 1. The molecule has 1 unspecified atom stereocenters. The molecule has 7 nitrogen and oxygen atoms in total. The summed E-state index contributed by atoms with van der Waals surface area (Å²) in [6.45, 7) is 1.87. The third-order valence-electron chi connectivity index (χ3n) is 7.92. The molecule has 1 saturated heterocycles. The van der Waals surface area contributed by atoms with Crippen molar-refractivity contribution in [3.05, 3.63) is 63.7 Å². The Labute approximate surface area is 224 Å². The molecule has 1 N–H and O–H groups in total. The number of fused-ring (bicyclic) bond motifs is 1. The molecule has 38 heavy (non-hydrogen) atoms. The lowest BCUT2D eigenvalue weighted by molar-refractivity contribution is -0.183. The fraction of sp³-hybridized carbons (Fsp3) is 0.519. The SMILES string of the molecule is CN(C(=O)c1csc(C2CCN(C(=O)CN3C=CC(C)(C(F)(F)F)N3)CC2)n1)[C@@H]1CCCc2ccccc21. The lowest BCUT2D eigenvalue weighted by Gasteiger charge is -2.34. The van der Waals surface area contributed by atoms with Crippen LogP contribution in [0.1, 0.15) is 71.2 Å². The van der Waals surface area contributed by atoms with E-state index in [1.807, 2.05) is 29.5 Å². The molecule has 0 spiro atoms. The molecule has 2 aliphatic heterocycles. The summed E-state index contributed by atoms with van der Waals surface area (Å²) in [4.78, 5) is 34.2. The molecule has 2 atom stereocenters. The number of carbonyl (C=O) groups excluding carboxylic acids is 2. The van der Waals surface area contributed by atoms with E-state index in [0.29, 0.717) is 31.6 Å². The van der Waals surface area contributed by atoms with Crippen LogP contribution in [-0.4, -0.2) is 70.0 Å². The van der Waals surface area contributed by atoms with Crippen LogP contribution in [0.3, 0.4) is 0 Å². The predicted octanol–water partition coefficient (Wildman–Crippen LogP) is 4.65. The second-order valence-corrected chi connectivity index (χ2v) is 11.4. The maximum atomic E-state index is 13.3. The van der Waals surface area contributed by atoms with Crippen LogP contribution in [0.2, 0.25) is 0 Å². The Bertz CT molecular complexity index is 1220. The van der Waals surface area contributed by atoms with Crippen molar-refractivity contribution in [1.82, 2.24) is 25.2 Å². The van der Waals surface area contributed by atoms with Crippen LogP contribution in [0.5, 0.6) is 0 Å². The molecular formula is C27H32F3N5O2S. The summed E-state index contributed by atoms with van der Waals surface area (Å²) >= 11 is 1.48. The lowest BCUT2D eigenvalue weighted by Crippen LogP contribution is -2.56. The van der Waals surface area contributed by atoms with Crippen LogP contribution in [0.15, 0.2) is 41.9 Å². The average Bonchev–Trinajstić information content (AvgIpc) is 3.55. The number of hydrogen-bond acceptors (Lipinski definition) is 6. The number of rotatable bonds is 5. The molecule has 1 fully saturated rings. The normalized spacial score (nSPS) is 24.0. The van der Waals surface area contributed by atoms with Gasteiger partial charge in [0.2, 0.25) is 5.91 Å². The van der Waals surface area contributed by atoms with E-state index in [4.69, 9.17) is 0 Å².